The molecule has 7 heteroatoms. The summed E-state index contributed by atoms with van der Waals surface area (Å²) in [6.07, 6.45) is 5.21. The van der Waals surface area contributed by atoms with Crippen molar-refractivity contribution in [3.63, 3.8) is 0 Å². The van der Waals surface area contributed by atoms with Gasteiger partial charge in [-0.15, -0.1) is 10.2 Å². The molecule has 0 unspecified atom stereocenters. The molecule has 2 aromatic carbocycles. The predicted octanol–water partition coefficient (Wildman–Crippen LogP) is 3.90. The summed E-state index contributed by atoms with van der Waals surface area (Å²) in [6.45, 7) is 0. The van der Waals surface area contributed by atoms with Crippen LogP contribution in [0.1, 0.15) is 11.4 Å². The van der Waals surface area contributed by atoms with Crippen molar-refractivity contribution in [2.24, 2.45) is 0 Å². The van der Waals surface area contributed by atoms with Gasteiger partial charge in [-0.25, -0.2) is 9.67 Å². The third-order valence-corrected chi connectivity index (χ3v) is 4.93. The van der Waals surface area contributed by atoms with E-state index in [9.17, 15) is 0 Å². The monoisotopic (exact) mass is 374 g/mol. The van der Waals surface area contributed by atoms with Crippen molar-refractivity contribution in [3.05, 3.63) is 83.5 Å². The molecule has 0 aliphatic carbocycles. The SMILES string of the molecule is Clc1ccccc1-n1ncc2c1ncn1c(CCc3ccccc3)nnc21. The highest BCUT2D eigenvalue weighted by atomic mass is 35.5. The highest BCUT2D eigenvalue weighted by Gasteiger charge is 2.15. The van der Waals surface area contributed by atoms with Crippen LogP contribution in [0.4, 0.5) is 0 Å². The second-order valence-corrected chi connectivity index (χ2v) is 6.69. The first kappa shape index (κ1) is 16.0. The molecule has 0 aliphatic heterocycles. The predicted molar refractivity (Wildman–Crippen MR) is 104 cm³/mol. The van der Waals surface area contributed by atoms with Crippen LogP contribution in [0, 0.1) is 0 Å². The van der Waals surface area contributed by atoms with E-state index in [0.29, 0.717) is 10.7 Å². The first-order chi connectivity index (χ1) is 13.3. The number of halogens is 1. The van der Waals surface area contributed by atoms with E-state index in [4.69, 9.17) is 11.6 Å². The van der Waals surface area contributed by atoms with Gasteiger partial charge in [0.25, 0.3) is 0 Å². The van der Waals surface area contributed by atoms with E-state index in [1.165, 1.54) is 5.56 Å². The third kappa shape index (κ3) is 2.74. The summed E-state index contributed by atoms with van der Waals surface area (Å²) < 4.78 is 3.67. The van der Waals surface area contributed by atoms with E-state index in [2.05, 4.69) is 32.4 Å². The van der Waals surface area contributed by atoms with Crippen molar-refractivity contribution in [2.45, 2.75) is 12.8 Å². The fourth-order valence-electron chi connectivity index (χ4n) is 3.24. The summed E-state index contributed by atoms with van der Waals surface area (Å²) in [4.78, 5) is 4.60. The van der Waals surface area contributed by atoms with Crippen molar-refractivity contribution >= 4 is 28.3 Å². The highest BCUT2D eigenvalue weighted by Crippen LogP contribution is 2.24. The van der Waals surface area contributed by atoms with Crippen LogP contribution in [0.15, 0.2) is 67.1 Å². The van der Waals surface area contributed by atoms with Gasteiger partial charge >= 0.3 is 0 Å². The Balaban J connectivity index is 1.55. The van der Waals surface area contributed by atoms with Crippen LogP contribution >= 0.6 is 11.6 Å². The average Bonchev–Trinajstić information content (AvgIpc) is 3.31. The number of aromatic nitrogens is 6. The Labute approximate surface area is 160 Å². The molecule has 132 valence electrons. The Morgan fingerprint density at radius 1 is 0.852 bits per heavy atom. The van der Waals surface area contributed by atoms with Gasteiger partial charge in [0, 0.05) is 6.42 Å². The van der Waals surface area contributed by atoms with E-state index in [-0.39, 0.29) is 0 Å². The zero-order valence-electron chi connectivity index (χ0n) is 14.3. The summed E-state index contributed by atoms with van der Waals surface area (Å²) in [5, 5.41) is 14.7. The lowest BCUT2D eigenvalue weighted by Gasteiger charge is -2.05. The summed E-state index contributed by atoms with van der Waals surface area (Å²) in [5.74, 6) is 0.883. The Morgan fingerprint density at radius 2 is 1.67 bits per heavy atom. The van der Waals surface area contributed by atoms with E-state index < -0.39 is 0 Å². The Hall–Kier alpha value is -3.25. The lowest BCUT2D eigenvalue weighted by molar-refractivity contribution is 0.831. The second kappa shape index (κ2) is 6.48. The van der Waals surface area contributed by atoms with Gasteiger partial charge in [-0.2, -0.15) is 5.10 Å². The van der Waals surface area contributed by atoms with Crippen LogP contribution in [0.3, 0.4) is 0 Å². The molecule has 0 atom stereocenters. The number of hydrogen-bond acceptors (Lipinski definition) is 4. The lowest BCUT2D eigenvalue weighted by atomic mass is 10.1. The molecule has 0 amide bonds. The zero-order valence-corrected chi connectivity index (χ0v) is 15.1. The molecule has 5 rings (SSSR count). The van der Waals surface area contributed by atoms with Crippen molar-refractivity contribution in [1.82, 2.24) is 29.4 Å². The smallest absolute Gasteiger partial charge is 0.174 e. The van der Waals surface area contributed by atoms with E-state index in [0.717, 1.165) is 35.4 Å². The Bertz CT molecular complexity index is 1240. The lowest BCUT2D eigenvalue weighted by Crippen LogP contribution is -2.01. The average molecular weight is 375 g/mol. The summed E-state index contributed by atoms with van der Waals surface area (Å²) in [5.41, 5.74) is 3.52. The molecule has 0 spiro atoms. The number of aryl methyl sites for hydroxylation is 2. The third-order valence-electron chi connectivity index (χ3n) is 4.61. The number of hydrogen-bond donors (Lipinski definition) is 0. The minimum absolute atomic E-state index is 0.620. The molecule has 0 saturated heterocycles. The number of fused-ring (bicyclic) bond motifs is 3. The van der Waals surface area contributed by atoms with E-state index >= 15 is 0 Å². The van der Waals surface area contributed by atoms with Crippen LogP contribution < -0.4 is 0 Å². The highest BCUT2D eigenvalue weighted by molar-refractivity contribution is 6.32. The Kier molecular flexibility index (Phi) is 3.83. The van der Waals surface area contributed by atoms with Crippen molar-refractivity contribution in [3.8, 4) is 5.69 Å². The summed E-state index contributed by atoms with van der Waals surface area (Å²) in [7, 11) is 0. The number of nitrogens with zero attached hydrogens (tertiary/aromatic N) is 6. The molecule has 0 fully saturated rings. The molecule has 0 saturated carbocycles. The molecule has 6 nitrogen and oxygen atoms in total. The molecular weight excluding hydrogens is 360 g/mol. The van der Waals surface area contributed by atoms with Crippen LogP contribution in [-0.4, -0.2) is 29.4 Å². The maximum Gasteiger partial charge on any atom is 0.174 e. The van der Waals surface area contributed by atoms with Crippen molar-refractivity contribution < 1.29 is 0 Å². The fraction of sp³-hybridized carbons (Fsp3) is 0.100. The molecule has 27 heavy (non-hydrogen) atoms. The molecule has 0 bridgehead atoms. The first-order valence-electron chi connectivity index (χ1n) is 8.66. The largest absolute Gasteiger partial charge is 0.269 e. The topological polar surface area (TPSA) is 60.9 Å². The fourth-order valence-corrected chi connectivity index (χ4v) is 3.45. The van der Waals surface area contributed by atoms with Gasteiger partial charge in [-0.05, 0) is 24.1 Å². The van der Waals surface area contributed by atoms with Crippen molar-refractivity contribution in [2.75, 3.05) is 0 Å². The standard InChI is InChI=1S/C20H15ClN6/c21-16-8-4-5-9-17(16)27-19-15(12-23-27)20-25-24-18(26(20)13-22-19)11-10-14-6-2-1-3-7-14/h1-9,12-13H,10-11H2. The molecule has 0 aliphatic rings. The van der Waals surface area contributed by atoms with E-state index in [1.807, 2.05) is 46.9 Å². The summed E-state index contributed by atoms with van der Waals surface area (Å²) >= 11 is 6.32. The number of rotatable bonds is 4. The van der Waals surface area contributed by atoms with Gasteiger partial charge in [0.15, 0.2) is 11.3 Å². The minimum Gasteiger partial charge on any atom is -0.269 e. The molecule has 0 radical (unpaired) electrons. The summed E-state index contributed by atoms with van der Waals surface area (Å²) in [6, 6.07) is 17.9. The van der Waals surface area contributed by atoms with Gasteiger partial charge < -0.3 is 0 Å². The van der Waals surface area contributed by atoms with Crippen LogP contribution in [-0.2, 0) is 12.8 Å². The number of para-hydroxylation sites is 1. The zero-order chi connectivity index (χ0) is 18.2. The van der Waals surface area contributed by atoms with Crippen LogP contribution in [0.5, 0.6) is 0 Å². The van der Waals surface area contributed by atoms with Gasteiger partial charge in [0.1, 0.15) is 12.2 Å². The van der Waals surface area contributed by atoms with Gasteiger partial charge in [0.2, 0.25) is 0 Å². The van der Waals surface area contributed by atoms with Gasteiger partial charge in [-0.1, -0.05) is 54.1 Å². The molecule has 0 N–H and O–H groups in total. The maximum absolute atomic E-state index is 6.32. The van der Waals surface area contributed by atoms with Crippen LogP contribution in [0.2, 0.25) is 5.02 Å². The first-order valence-corrected chi connectivity index (χ1v) is 9.04. The molecule has 5 aromatic rings. The van der Waals surface area contributed by atoms with E-state index in [1.54, 1.807) is 17.2 Å². The molecule has 3 heterocycles. The minimum atomic E-state index is 0.620. The normalized spacial score (nSPS) is 11.4. The second-order valence-electron chi connectivity index (χ2n) is 6.29. The molecular formula is C20H15ClN6. The molecule has 3 aromatic heterocycles. The van der Waals surface area contributed by atoms with Crippen LogP contribution in [0.25, 0.3) is 22.4 Å². The van der Waals surface area contributed by atoms with Gasteiger partial charge in [-0.3, -0.25) is 4.40 Å². The quantitative estimate of drug-likeness (QED) is 0.478. The Morgan fingerprint density at radius 3 is 2.52 bits per heavy atom. The van der Waals surface area contributed by atoms with Crippen molar-refractivity contribution in [1.29, 1.82) is 0 Å². The van der Waals surface area contributed by atoms with Gasteiger partial charge in [0.05, 0.1) is 22.3 Å². The number of benzene rings is 2. The maximum atomic E-state index is 6.32.